The van der Waals surface area contributed by atoms with E-state index in [-0.39, 0.29) is 29.4 Å². The van der Waals surface area contributed by atoms with E-state index in [0.717, 1.165) is 31.7 Å². The molecule has 2 aliphatic heterocycles. The Hall–Kier alpha value is -2.53. The lowest BCUT2D eigenvalue weighted by atomic mass is 9.84. The Balaban J connectivity index is 1.64. The second-order valence-corrected chi connectivity index (χ2v) is 14.4. The average Bonchev–Trinajstić information content (AvgIpc) is 3.49. The summed E-state index contributed by atoms with van der Waals surface area (Å²) in [5.74, 6) is -1.82. The molecule has 1 saturated carbocycles. The Bertz CT molecular complexity index is 1140. The van der Waals surface area contributed by atoms with Crippen LogP contribution < -0.4 is 0 Å². The Morgan fingerprint density at radius 2 is 1.62 bits per heavy atom. The molecule has 1 aromatic rings. The fourth-order valence-corrected chi connectivity index (χ4v) is 6.85. The molecule has 0 radical (unpaired) electrons. The van der Waals surface area contributed by atoms with Crippen LogP contribution in [-0.4, -0.2) is 69.8 Å². The number of halogens is 2. The third kappa shape index (κ3) is 6.20. The minimum absolute atomic E-state index is 0.0640. The van der Waals surface area contributed by atoms with Crippen LogP contribution in [0, 0.1) is 40.2 Å². The van der Waals surface area contributed by atoms with Crippen LogP contribution in [0.4, 0.5) is 8.78 Å². The van der Waals surface area contributed by atoms with E-state index >= 15 is 4.39 Å². The summed E-state index contributed by atoms with van der Waals surface area (Å²) in [6.07, 6.45) is 4.40. The van der Waals surface area contributed by atoms with Crippen molar-refractivity contribution in [3.05, 3.63) is 35.4 Å². The number of likely N-dealkylation sites (tertiary alicyclic amines) is 2. The number of nitriles is 1. The maximum absolute atomic E-state index is 15.0. The van der Waals surface area contributed by atoms with Crippen LogP contribution in [0.15, 0.2) is 18.2 Å². The first-order chi connectivity index (χ1) is 18.6. The van der Waals surface area contributed by atoms with E-state index < -0.39 is 34.9 Å². The normalized spacial score (nSPS) is 29.9. The summed E-state index contributed by atoms with van der Waals surface area (Å²) in [6, 6.07) is 5.11. The van der Waals surface area contributed by atoms with Crippen molar-refractivity contribution in [2.45, 2.75) is 110 Å². The molecule has 0 bridgehead atoms. The topological polar surface area (TPSA) is 67.6 Å². The molecule has 220 valence electrons. The molecule has 2 saturated heterocycles. The summed E-state index contributed by atoms with van der Waals surface area (Å²) in [7, 11) is 0. The molecule has 40 heavy (non-hydrogen) atoms. The molecule has 2 amide bonds. The monoisotopic (exact) mass is 556 g/mol. The second-order valence-electron chi connectivity index (χ2n) is 14.4. The van der Waals surface area contributed by atoms with Crippen molar-refractivity contribution in [3.63, 3.8) is 0 Å². The van der Waals surface area contributed by atoms with E-state index in [1.54, 1.807) is 4.90 Å². The van der Waals surface area contributed by atoms with Gasteiger partial charge in [-0.15, -0.1) is 0 Å². The maximum atomic E-state index is 15.0. The highest BCUT2D eigenvalue weighted by atomic mass is 19.1. The molecule has 1 aliphatic carbocycles. The second kappa shape index (κ2) is 11.4. The fraction of sp³-hybridized carbons (Fsp3) is 0.719. The van der Waals surface area contributed by atoms with Crippen molar-refractivity contribution in [2.24, 2.45) is 17.3 Å². The predicted molar refractivity (Wildman–Crippen MR) is 151 cm³/mol. The zero-order valence-corrected chi connectivity index (χ0v) is 25.2. The summed E-state index contributed by atoms with van der Waals surface area (Å²) in [6.45, 7) is 15.4. The summed E-state index contributed by atoms with van der Waals surface area (Å²) < 4.78 is 28.8. The first-order valence-corrected chi connectivity index (χ1v) is 14.8. The van der Waals surface area contributed by atoms with Crippen molar-refractivity contribution in [1.82, 2.24) is 14.7 Å². The zero-order chi connectivity index (χ0) is 29.6. The predicted octanol–water partition coefficient (Wildman–Crippen LogP) is 5.73. The standard InChI is InChI=1S/C32H46F2N4O2/c1-20-8-11-22(12-9-20)38(30(40)31(2,3)4)24-15-23(16-35)37(17-24)29(39)27-19-36(32(5,6)7)18-26(27)25-13-10-21(33)14-28(25)34/h10,13-14,20,22-24,26-27H,8-9,11-12,15,17-19H2,1-7H3/t20?,22?,23-,24+,26-,27+/m0/s1. The summed E-state index contributed by atoms with van der Waals surface area (Å²) in [5, 5.41) is 10.2. The molecule has 1 aromatic carbocycles. The molecule has 0 spiro atoms. The largest absolute Gasteiger partial charge is 0.334 e. The Morgan fingerprint density at radius 3 is 2.17 bits per heavy atom. The van der Waals surface area contributed by atoms with Gasteiger partial charge in [-0.2, -0.15) is 5.26 Å². The number of hydrogen-bond acceptors (Lipinski definition) is 4. The van der Waals surface area contributed by atoms with E-state index in [4.69, 9.17) is 0 Å². The quantitative estimate of drug-likeness (QED) is 0.475. The van der Waals surface area contributed by atoms with E-state index in [9.17, 15) is 19.2 Å². The highest BCUT2D eigenvalue weighted by Gasteiger charge is 2.49. The summed E-state index contributed by atoms with van der Waals surface area (Å²) in [5.41, 5.74) is -0.497. The van der Waals surface area contributed by atoms with Gasteiger partial charge in [0, 0.05) is 55.0 Å². The van der Waals surface area contributed by atoms with Crippen LogP contribution >= 0.6 is 0 Å². The van der Waals surface area contributed by atoms with Gasteiger partial charge >= 0.3 is 0 Å². The van der Waals surface area contributed by atoms with Gasteiger partial charge in [-0.25, -0.2) is 8.78 Å². The minimum atomic E-state index is -0.655. The van der Waals surface area contributed by atoms with Gasteiger partial charge in [0.25, 0.3) is 0 Å². The lowest BCUT2D eigenvalue weighted by Crippen LogP contribution is -2.53. The zero-order valence-electron chi connectivity index (χ0n) is 25.2. The van der Waals surface area contributed by atoms with Crippen molar-refractivity contribution in [2.75, 3.05) is 19.6 Å². The van der Waals surface area contributed by atoms with E-state index in [1.165, 1.54) is 12.1 Å². The molecular formula is C32H46F2N4O2. The number of benzene rings is 1. The van der Waals surface area contributed by atoms with Crippen LogP contribution in [0.5, 0.6) is 0 Å². The lowest BCUT2D eigenvalue weighted by Gasteiger charge is -2.42. The van der Waals surface area contributed by atoms with Crippen LogP contribution in [0.1, 0.15) is 92.1 Å². The summed E-state index contributed by atoms with van der Waals surface area (Å²) >= 11 is 0. The van der Waals surface area contributed by atoms with Crippen molar-refractivity contribution < 1.29 is 18.4 Å². The van der Waals surface area contributed by atoms with Crippen molar-refractivity contribution in [3.8, 4) is 6.07 Å². The molecule has 4 atom stereocenters. The van der Waals surface area contributed by atoms with Crippen LogP contribution in [0.2, 0.25) is 0 Å². The van der Waals surface area contributed by atoms with Crippen LogP contribution in [-0.2, 0) is 9.59 Å². The molecule has 6 nitrogen and oxygen atoms in total. The van der Waals surface area contributed by atoms with Gasteiger partial charge in [0.1, 0.15) is 17.7 Å². The van der Waals surface area contributed by atoms with Gasteiger partial charge < -0.3 is 9.80 Å². The van der Waals surface area contributed by atoms with Gasteiger partial charge in [0.2, 0.25) is 11.8 Å². The summed E-state index contributed by atoms with van der Waals surface area (Å²) in [4.78, 5) is 33.8. The molecule has 2 heterocycles. The maximum Gasteiger partial charge on any atom is 0.228 e. The molecular weight excluding hydrogens is 510 g/mol. The number of nitrogens with zero attached hydrogens (tertiary/aromatic N) is 4. The van der Waals surface area contributed by atoms with Gasteiger partial charge in [-0.3, -0.25) is 14.5 Å². The molecule has 8 heteroatoms. The van der Waals surface area contributed by atoms with Gasteiger partial charge in [-0.05, 0) is 64.0 Å². The highest BCUT2D eigenvalue weighted by Crippen LogP contribution is 2.41. The molecule has 3 fully saturated rings. The Labute approximate surface area is 238 Å². The lowest BCUT2D eigenvalue weighted by molar-refractivity contribution is -0.146. The first-order valence-electron chi connectivity index (χ1n) is 14.8. The number of amides is 2. The third-order valence-corrected chi connectivity index (χ3v) is 9.31. The molecule has 3 aliphatic rings. The van der Waals surface area contributed by atoms with E-state index in [1.807, 2.05) is 25.7 Å². The van der Waals surface area contributed by atoms with Crippen LogP contribution in [0.25, 0.3) is 0 Å². The highest BCUT2D eigenvalue weighted by molar-refractivity contribution is 5.84. The van der Waals surface area contributed by atoms with Gasteiger partial charge in [0.05, 0.1) is 18.0 Å². The van der Waals surface area contributed by atoms with Crippen LogP contribution in [0.3, 0.4) is 0 Å². The van der Waals surface area contributed by atoms with E-state index in [0.29, 0.717) is 37.5 Å². The third-order valence-electron chi connectivity index (χ3n) is 9.31. The Morgan fingerprint density at radius 1 is 0.975 bits per heavy atom. The fourth-order valence-electron chi connectivity index (χ4n) is 6.85. The average molecular weight is 557 g/mol. The van der Waals surface area contributed by atoms with E-state index in [2.05, 4.69) is 38.7 Å². The Kier molecular flexibility index (Phi) is 8.66. The van der Waals surface area contributed by atoms with Gasteiger partial charge in [-0.1, -0.05) is 33.8 Å². The number of rotatable bonds is 4. The number of hydrogen-bond donors (Lipinski definition) is 0. The SMILES string of the molecule is CC1CCC(N(C(=O)C(C)(C)C)[C@@H]2C[C@@H](C#N)N(C(=O)[C@@H]3CN(C(C)(C)C)C[C@H]3c3ccc(F)cc3F)C2)CC1. The number of carbonyl (C=O) groups excluding carboxylic acids is 2. The molecule has 4 rings (SSSR count). The molecule has 0 N–H and O–H groups in total. The first kappa shape index (κ1) is 30.4. The molecule has 0 aromatic heterocycles. The van der Waals surface area contributed by atoms with Gasteiger partial charge in [0.15, 0.2) is 0 Å². The number of carbonyl (C=O) groups is 2. The van der Waals surface area contributed by atoms with Crippen molar-refractivity contribution in [1.29, 1.82) is 5.26 Å². The van der Waals surface area contributed by atoms with Crippen molar-refractivity contribution >= 4 is 11.8 Å². The minimum Gasteiger partial charge on any atom is -0.334 e. The molecule has 0 unspecified atom stereocenters. The smallest absolute Gasteiger partial charge is 0.228 e.